The van der Waals surface area contributed by atoms with E-state index in [2.05, 4.69) is 15.8 Å². The molecule has 2 amide bonds. The van der Waals surface area contributed by atoms with E-state index in [1.807, 2.05) is 60.7 Å². The van der Waals surface area contributed by atoms with Gasteiger partial charge in [-0.25, -0.2) is 0 Å². The minimum atomic E-state index is -0.400. The summed E-state index contributed by atoms with van der Waals surface area (Å²) in [6.45, 7) is 1.95. The van der Waals surface area contributed by atoms with E-state index in [1.54, 1.807) is 31.2 Å². The largest absolute Gasteiger partial charge is 0.385 e. The number of rotatable bonds is 8. The predicted molar refractivity (Wildman–Crippen MR) is 117 cm³/mol. The maximum atomic E-state index is 12.6. The van der Waals surface area contributed by atoms with Crippen LogP contribution in [0, 0.1) is 0 Å². The zero-order valence-corrected chi connectivity index (χ0v) is 16.7. The summed E-state index contributed by atoms with van der Waals surface area (Å²) in [5.74, 6) is -0.670. The lowest BCUT2D eigenvalue weighted by Crippen LogP contribution is -2.25. The van der Waals surface area contributed by atoms with E-state index < -0.39 is 5.91 Å². The molecule has 0 saturated carbocycles. The van der Waals surface area contributed by atoms with Crippen molar-refractivity contribution in [3.05, 3.63) is 102 Å². The van der Waals surface area contributed by atoms with Gasteiger partial charge in [-0.1, -0.05) is 78.0 Å². The second-order valence-electron chi connectivity index (χ2n) is 6.58. The van der Waals surface area contributed by atoms with Crippen molar-refractivity contribution in [3.8, 4) is 0 Å². The van der Waals surface area contributed by atoms with Gasteiger partial charge < -0.3 is 15.5 Å². The quantitative estimate of drug-likeness (QED) is 0.442. The molecule has 0 aliphatic rings. The maximum Gasteiger partial charge on any atom is 0.265 e. The second kappa shape index (κ2) is 10.6. The first-order chi connectivity index (χ1) is 14.6. The molecule has 0 bridgehead atoms. The number of anilines is 1. The predicted octanol–water partition coefficient (Wildman–Crippen LogP) is 4.00. The zero-order valence-electron chi connectivity index (χ0n) is 16.7. The van der Waals surface area contributed by atoms with Gasteiger partial charge in [-0.15, -0.1) is 0 Å². The SMILES string of the molecule is C/C(=N/OCC(=O)Nc1ccccc1C(=O)NCc1ccccc1)c1ccccc1. The highest BCUT2D eigenvalue weighted by Gasteiger charge is 2.13. The average molecular weight is 401 g/mol. The first-order valence-corrected chi connectivity index (χ1v) is 9.56. The Bertz CT molecular complexity index is 1020. The Balaban J connectivity index is 1.56. The van der Waals surface area contributed by atoms with E-state index >= 15 is 0 Å². The fraction of sp³-hybridized carbons (Fsp3) is 0.125. The average Bonchev–Trinajstić information content (AvgIpc) is 2.79. The van der Waals surface area contributed by atoms with Gasteiger partial charge in [0.1, 0.15) is 0 Å². The molecule has 2 N–H and O–H groups in total. The Kier molecular flexibility index (Phi) is 7.33. The minimum Gasteiger partial charge on any atom is -0.385 e. The third-order valence-corrected chi connectivity index (χ3v) is 4.33. The molecule has 0 aliphatic heterocycles. The molecule has 0 fully saturated rings. The van der Waals surface area contributed by atoms with Crippen molar-refractivity contribution in [1.82, 2.24) is 5.32 Å². The van der Waals surface area contributed by atoms with Gasteiger partial charge in [-0.05, 0) is 30.2 Å². The summed E-state index contributed by atoms with van der Waals surface area (Å²) in [7, 11) is 0. The van der Waals surface area contributed by atoms with E-state index in [0.717, 1.165) is 11.1 Å². The molecule has 0 spiro atoms. The molecule has 3 aromatic rings. The Hall–Kier alpha value is -3.93. The van der Waals surface area contributed by atoms with Crippen LogP contribution in [0.5, 0.6) is 0 Å². The van der Waals surface area contributed by atoms with E-state index in [0.29, 0.717) is 23.5 Å². The van der Waals surface area contributed by atoms with Gasteiger partial charge in [0.25, 0.3) is 11.8 Å². The Morgan fingerprint density at radius 1 is 0.867 bits per heavy atom. The Morgan fingerprint density at radius 2 is 1.50 bits per heavy atom. The molecule has 0 heterocycles. The number of carbonyl (C=O) groups is 2. The smallest absolute Gasteiger partial charge is 0.265 e. The summed E-state index contributed by atoms with van der Waals surface area (Å²) in [5, 5.41) is 9.54. The normalized spacial score (nSPS) is 10.9. The number of carbonyl (C=O) groups excluding carboxylic acids is 2. The number of hydrogen-bond acceptors (Lipinski definition) is 4. The molecular formula is C24H23N3O3. The topological polar surface area (TPSA) is 79.8 Å². The van der Waals surface area contributed by atoms with Crippen molar-refractivity contribution in [2.24, 2.45) is 5.16 Å². The molecule has 0 aromatic heterocycles. The molecule has 3 aromatic carbocycles. The van der Waals surface area contributed by atoms with E-state index in [-0.39, 0.29) is 12.5 Å². The van der Waals surface area contributed by atoms with Gasteiger partial charge >= 0.3 is 0 Å². The minimum absolute atomic E-state index is 0.260. The lowest BCUT2D eigenvalue weighted by atomic mass is 10.1. The van der Waals surface area contributed by atoms with E-state index in [1.165, 1.54) is 0 Å². The molecule has 0 saturated heterocycles. The van der Waals surface area contributed by atoms with Gasteiger partial charge in [-0.2, -0.15) is 0 Å². The highest BCUT2D eigenvalue weighted by Crippen LogP contribution is 2.15. The highest BCUT2D eigenvalue weighted by molar-refractivity contribution is 6.04. The standard InChI is InChI=1S/C24H23N3O3/c1-18(20-12-6-3-7-13-20)27-30-17-23(28)26-22-15-9-8-14-21(22)24(29)25-16-19-10-4-2-5-11-19/h2-15H,16-17H2,1H3,(H,25,29)(H,26,28)/b27-18-. The monoisotopic (exact) mass is 401 g/mol. The van der Waals surface area contributed by atoms with E-state index in [4.69, 9.17) is 4.84 Å². The third-order valence-electron chi connectivity index (χ3n) is 4.33. The molecule has 6 nitrogen and oxygen atoms in total. The summed E-state index contributed by atoms with van der Waals surface area (Å²) in [6, 6.07) is 26.0. The first-order valence-electron chi connectivity index (χ1n) is 9.56. The van der Waals surface area contributed by atoms with Crippen LogP contribution in [0.2, 0.25) is 0 Å². The molecule has 3 rings (SSSR count). The van der Waals surface area contributed by atoms with Gasteiger partial charge in [0.05, 0.1) is 17.0 Å². The highest BCUT2D eigenvalue weighted by atomic mass is 16.6. The second-order valence-corrected chi connectivity index (χ2v) is 6.58. The molecule has 30 heavy (non-hydrogen) atoms. The van der Waals surface area contributed by atoms with Crippen molar-refractivity contribution in [1.29, 1.82) is 0 Å². The van der Waals surface area contributed by atoms with Crippen LogP contribution in [0.3, 0.4) is 0 Å². The maximum absolute atomic E-state index is 12.6. The van der Waals surface area contributed by atoms with Crippen LogP contribution in [-0.2, 0) is 16.2 Å². The number of nitrogens with zero attached hydrogens (tertiary/aromatic N) is 1. The third kappa shape index (κ3) is 6.04. The number of amides is 2. The molecule has 152 valence electrons. The lowest BCUT2D eigenvalue weighted by molar-refractivity contribution is -0.120. The van der Waals surface area contributed by atoms with Crippen LogP contribution >= 0.6 is 0 Å². The zero-order chi connectivity index (χ0) is 21.2. The molecular weight excluding hydrogens is 378 g/mol. The number of para-hydroxylation sites is 1. The Morgan fingerprint density at radius 3 is 2.23 bits per heavy atom. The molecule has 0 radical (unpaired) electrons. The van der Waals surface area contributed by atoms with E-state index in [9.17, 15) is 9.59 Å². The van der Waals surface area contributed by atoms with Crippen molar-refractivity contribution in [2.75, 3.05) is 11.9 Å². The molecule has 0 aliphatic carbocycles. The number of oxime groups is 1. The van der Waals surface area contributed by atoms with Crippen molar-refractivity contribution in [2.45, 2.75) is 13.5 Å². The van der Waals surface area contributed by atoms with Crippen LogP contribution in [0.4, 0.5) is 5.69 Å². The van der Waals surface area contributed by atoms with Crippen LogP contribution < -0.4 is 10.6 Å². The molecule has 0 unspecified atom stereocenters. The molecule has 6 heteroatoms. The van der Waals surface area contributed by atoms with Gasteiger partial charge in [0.15, 0.2) is 6.61 Å². The Labute approximate surface area is 175 Å². The van der Waals surface area contributed by atoms with Crippen LogP contribution in [0.25, 0.3) is 0 Å². The lowest BCUT2D eigenvalue weighted by Gasteiger charge is -2.11. The van der Waals surface area contributed by atoms with Crippen LogP contribution in [-0.4, -0.2) is 24.1 Å². The van der Waals surface area contributed by atoms with Crippen molar-refractivity contribution < 1.29 is 14.4 Å². The summed E-state index contributed by atoms with van der Waals surface area (Å²) in [4.78, 5) is 30.0. The number of benzene rings is 3. The summed E-state index contributed by atoms with van der Waals surface area (Å²) in [6.07, 6.45) is 0. The first kappa shape index (κ1) is 20.8. The summed E-state index contributed by atoms with van der Waals surface area (Å²) in [5.41, 5.74) is 3.38. The van der Waals surface area contributed by atoms with Gasteiger partial charge in [0.2, 0.25) is 0 Å². The fourth-order valence-electron chi connectivity index (χ4n) is 2.77. The van der Waals surface area contributed by atoms with Gasteiger partial charge in [-0.3, -0.25) is 9.59 Å². The van der Waals surface area contributed by atoms with Crippen molar-refractivity contribution in [3.63, 3.8) is 0 Å². The number of nitrogens with one attached hydrogen (secondary N) is 2. The fourth-order valence-corrected chi connectivity index (χ4v) is 2.77. The van der Waals surface area contributed by atoms with Crippen LogP contribution in [0.1, 0.15) is 28.4 Å². The summed E-state index contributed by atoms with van der Waals surface area (Å²) >= 11 is 0. The molecule has 0 atom stereocenters. The van der Waals surface area contributed by atoms with Gasteiger partial charge in [0, 0.05) is 6.54 Å². The number of hydrogen-bond donors (Lipinski definition) is 2. The van der Waals surface area contributed by atoms with Crippen molar-refractivity contribution >= 4 is 23.2 Å². The summed E-state index contributed by atoms with van der Waals surface area (Å²) < 4.78 is 0. The van der Waals surface area contributed by atoms with Crippen LogP contribution in [0.15, 0.2) is 90.1 Å².